The highest BCUT2D eigenvalue weighted by Gasteiger charge is 2.14. The molecule has 2 aromatic rings. The Labute approximate surface area is 123 Å². The van der Waals surface area contributed by atoms with Gasteiger partial charge in [0, 0.05) is 29.4 Å². The number of benzene rings is 1. The normalized spacial score (nSPS) is 12.7. The van der Waals surface area contributed by atoms with Crippen molar-refractivity contribution in [1.82, 2.24) is 9.55 Å². The summed E-state index contributed by atoms with van der Waals surface area (Å²) in [5.41, 5.74) is 2.89. The molecule has 0 amide bonds. The number of imidazole rings is 1. The number of aliphatic carboxylic acids is 1. The first-order valence-electron chi connectivity index (χ1n) is 6.09. The molecule has 0 saturated heterocycles. The van der Waals surface area contributed by atoms with Gasteiger partial charge in [0.1, 0.15) is 0 Å². The lowest BCUT2D eigenvalue weighted by Crippen LogP contribution is -2.08. The zero-order chi connectivity index (χ0) is 14.7. The lowest BCUT2D eigenvalue weighted by atomic mass is 10.2. The molecular formula is C13H16N2O3S2. The minimum Gasteiger partial charge on any atom is -0.481 e. The molecule has 1 aromatic heterocycles. The van der Waals surface area contributed by atoms with Crippen LogP contribution in [-0.2, 0) is 22.1 Å². The van der Waals surface area contributed by atoms with Crippen LogP contribution in [-0.4, -0.2) is 42.6 Å². The number of nitrogens with zero attached hydrogens (tertiary/aromatic N) is 2. The number of carbonyl (C=O) groups is 1. The highest BCUT2D eigenvalue weighted by atomic mass is 32.2. The molecular weight excluding hydrogens is 296 g/mol. The minimum atomic E-state index is -0.894. The van der Waals surface area contributed by atoms with Gasteiger partial charge in [-0.25, -0.2) is 4.98 Å². The summed E-state index contributed by atoms with van der Waals surface area (Å²) >= 11 is 1.19. The van der Waals surface area contributed by atoms with Gasteiger partial charge >= 0.3 is 5.97 Å². The van der Waals surface area contributed by atoms with Gasteiger partial charge in [0.25, 0.3) is 0 Å². The number of aromatic nitrogens is 2. The van der Waals surface area contributed by atoms with Gasteiger partial charge < -0.3 is 9.67 Å². The highest BCUT2D eigenvalue weighted by molar-refractivity contribution is 7.99. The van der Waals surface area contributed by atoms with E-state index in [-0.39, 0.29) is 5.75 Å². The van der Waals surface area contributed by atoms with Crippen molar-refractivity contribution in [3.63, 3.8) is 0 Å². The van der Waals surface area contributed by atoms with E-state index in [1.807, 2.05) is 29.7 Å². The standard InChI is InChI=1S/C13H16N2O3S2/c1-9-4-3-5-10-12(9)14-13(19-8-11(16)17)15(10)6-7-20(2)18/h3-5H,6-8H2,1-2H3,(H,16,17). The van der Waals surface area contributed by atoms with Crippen molar-refractivity contribution in [3.05, 3.63) is 23.8 Å². The minimum absolute atomic E-state index is 0.0302. The van der Waals surface area contributed by atoms with Gasteiger partial charge in [-0.05, 0) is 18.6 Å². The van der Waals surface area contributed by atoms with Crippen LogP contribution in [0.2, 0.25) is 0 Å². The largest absolute Gasteiger partial charge is 0.481 e. The smallest absolute Gasteiger partial charge is 0.313 e. The van der Waals surface area contributed by atoms with Crippen molar-refractivity contribution in [2.24, 2.45) is 0 Å². The Hall–Kier alpha value is -1.34. The van der Waals surface area contributed by atoms with Crippen LogP contribution in [0.5, 0.6) is 0 Å². The first-order valence-corrected chi connectivity index (χ1v) is 8.81. The van der Waals surface area contributed by atoms with Gasteiger partial charge in [-0.2, -0.15) is 0 Å². The highest BCUT2D eigenvalue weighted by Crippen LogP contribution is 2.26. The van der Waals surface area contributed by atoms with Gasteiger partial charge in [-0.1, -0.05) is 23.9 Å². The van der Waals surface area contributed by atoms with Crippen molar-refractivity contribution in [2.75, 3.05) is 17.8 Å². The molecule has 0 radical (unpaired) electrons. The molecule has 20 heavy (non-hydrogen) atoms. The summed E-state index contributed by atoms with van der Waals surface area (Å²) in [4.78, 5) is 15.3. The summed E-state index contributed by atoms with van der Waals surface area (Å²) in [5.74, 6) is -0.373. The molecule has 7 heteroatoms. The number of carboxylic acids is 1. The number of hydrogen-bond donors (Lipinski definition) is 1. The van der Waals surface area contributed by atoms with E-state index in [4.69, 9.17) is 5.11 Å². The van der Waals surface area contributed by atoms with E-state index in [2.05, 4.69) is 4.98 Å². The average Bonchev–Trinajstić information content (AvgIpc) is 2.73. The van der Waals surface area contributed by atoms with Gasteiger partial charge in [0.2, 0.25) is 0 Å². The average molecular weight is 312 g/mol. The van der Waals surface area contributed by atoms with Crippen molar-refractivity contribution in [2.45, 2.75) is 18.6 Å². The van der Waals surface area contributed by atoms with Crippen LogP contribution in [0.15, 0.2) is 23.4 Å². The van der Waals surface area contributed by atoms with E-state index >= 15 is 0 Å². The SMILES string of the molecule is Cc1cccc2c1nc(SCC(=O)O)n2CCS(C)=O. The Morgan fingerprint density at radius 3 is 2.90 bits per heavy atom. The summed E-state index contributed by atoms with van der Waals surface area (Å²) in [6.45, 7) is 2.55. The molecule has 2 rings (SSSR count). The van der Waals surface area contributed by atoms with Gasteiger partial charge in [0.05, 0.1) is 16.8 Å². The first-order chi connectivity index (χ1) is 9.49. The van der Waals surface area contributed by atoms with Crippen molar-refractivity contribution in [1.29, 1.82) is 0 Å². The van der Waals surface area contributed by atoms with Gasteiger partial charge in [-0.15, -0.1) is 0 Å². The zero-order valence-electron chi connectivity index (χ0n) is 11.3. The van der Waals surface area contributed by atoms with E-state index in [1.54, 1.807) is 6.26 Å². The molecule has 1 aromatic carbocycles. The molecule has 0 aliphatic heterocycles. The molecule has 1 N–H and O–H groups in total. The second-order valence-electron chi connectivity index (χ2n) is 4.45. The lowest BCUT2D eigenvalue weighted by molar-refractivity contribution is -0.133. The number of aryl methyl sites for hydroxylation is 2. The third-order valence-corrected chi connectivity index (χ3v) is 4.59. The monoisotopic (exact) mass is 312 g/mol. The Kier molecular flexibility index (Phi) is 4.82. The molecule has 1 atom stereocenters. The Bertz CT molecular complexity index is 667. The second-order valence-corrected chi connectivity index (χ2v) is 6.95. The molecule has 0 aliphatic rings. The van der Waals surface area contributed by atoms with E-state index in [0.717, 1.165) is 16.6 Å². The predicted octanol–water partition coefficient (Wildman–Crippen LogP) is 1.90. The number of para-hydroxylation sites is 1. The Morgan fingerprint density at radius 2 is 2.25 bits per heavy atom. The number of carboxylic acid groups (broad SMARTS) is 1. The third kappa shape index (κ3) is 3.40. The molecule has 0 fully saturated rings. The lowest BCUT2D eigenvalue weighted by Gasteiger charge is -2.07. The van der Waals surface area contributed by atoms with Crippen molar-refractivity contribution in [3.8, 4) is 0 Å². The van der Waals surface area contributed by atoms with Gasteiger partial charge in [0.15, 0.2) is 5.16 Å². The summed E-state index contributed by atoms with van der Waals surface area (Å²) in [5, 5.41) is 9.48. The first kappa shape index (κ1) is 15.1. The third-order valence-electron chi connectivity index (χ3n) is 2.87. The molecule has 0 spiro atoms. The van der Waals surface area contributed by atoms with E-state index in [0.29, 0.717) is 17.5 Å². The summed E-state index contributed by atoms with van der Waals surface area (Å²) in [7, 11) is -0.894. The van der Waals surface area contributed by atoms with Crippen LogP contribution < -0.4 is 0 Å². The molecule has 0 saturated carbocycles. The van der Waals surface area contributed by atoms with Crippen LogP contribution in [0, 0.1) is 6.92 Å². The molecule has 0 aliphatic carbocycles. The quantitative estimate of drug-likeness (QED) is 0.825. The Morgan fingerprint density at radius 1 is 1.50 bits per heavy atom. The van der Waals surface area contributed by atoms with Crippen LogP contribution in [0.1, 0.15) is 5.56 Å². The summed E-state index contributed by atoms with van der Waals surface area (Å²) in [6.07, 6.45) is 1.66. The van der Waals surface area contributed by atoms with E-state index in [1.165, 1.54) is 11.8 Å². The number of thioether (sulfide) groups is 1. The molecule has 5 nitrogen and oxygen atoms in total. The number of hydrogen-bond acceptors (Lipinski definition) is 4. The van der Waals surface area contributed by atoms with Crippen molar-refractivity contribution >= 4 is 39.6 Å². The second kappa shape index (κ2) is 6.41. The van der Waals surface area contributed by atoms with Crippen LogP contribution >= 0.6 is 11.8 Å². The van der Waals surface area contributed by atoms with E-state index < -0.39 is 16.8 Å². The van der Waals surface area contributed by atoms with Crippen LogP contribution in [0.3, 0.4) is 0 Å². The van der Waals surface area contributed by atoms with E-state index in [9.17, 15) is 9.00 Å². The molecule has 0 bridgehead atoms. The fourth-order valence-corrected chi connectivity index (χ4v) is 3.13. The van der Waals surface area contributed by atoms with Crippen molar-refractivity contribution < 1.29 is 14.1 Å². The fraction of sp³-hybridized carbons (Fsp3) is 0.385. The van der Waals surface area contributed by atoms with Crippen LogP contribution in [0.25, 0.3) is 11.0 Å². The number of fused-ring (bicyclic) bond motifs is 1. The fourth-order valence-electron chi connectivity index (χ4n) is 1.94. The summed E-state index contributed by atoms with van der Waals surface area (Å²) < 4.78 is 13.3. The Balaban J connectivity index is 2.42. The van der Waals surface area contributed by atoms with Crippen LogP contribution in [0.4, 0.5) is 0 Å². The number of rotatable bonds is 6. The molecule has 1 unspecified atom stereocenters. The zero-order valence-corrected chi connectivity index (χ0v) is 13.0. The predicted molar refractivity (Wildman–Crippen MR) is 81.8 cm³/mol. The maximum Gasteiger partial charge on any atom is 0.313 e. The summed E-state index contributed by atoms with van der Waals surface area (Å²) in [6, 6.07) is 5.88. The maximum atomic E-state index is 11.3. The maximum absolute atomic E-state index is 11.3. The molecule has 1 heterocycles. The van der Waals surface area contributed by atoms with Gasteiger partial charge in [-0.3, -0.25) is 9.00 Å². The molecule has 108 valence electrons. The topological polar surface area (TPSA) is 72.2 Å².